The molecular weight excluding hydrogens is 702 g/mol. The molecule has 1 aromatic heterocycles. The van der Waals surface area contributed by atoms with Gasteiger partial charge in [-0.1, -0.05) is 19.7 Å². The molecule has 0 atom stereocenters. The SMILES string of the molecule is C=C(C)C(=O)OCCOc1ccc(-c2nc(-c3ccc(OCCOC(=O)C(=C)C)cc3O)nc(-c3ccc(OCCOC(=O)C(=C)C)cc3O)n2)c(O)c1. The lowest BCUT2D eigenvalue weighted by Gasteiger charge is -2.13. The van der Waals surface area contributed by atoms with E-state index < -0.39 is 17.9 Å². The van der Waals surface area contributed by atoms with E-state index in [9.17, 15) is 29.7 Å². The molecule has 1 heterocycles. The van der Waals surface area contributed by atoms with Crippen molar-refractivity contribution in [3.63, 3.8) is 0 Å². The summed E-state index contributed by atoms with van der Waals surface area (Å²) in [7, 11) is 0. The van der Waals surface area contributed by atoms with Crippen LogP contribution in [0.15, 0.2) is 91.1 Å². The first-order valence-electron chi connectivity index (χ1n) is 16.4. The summed E-state index contributed by atoms with van der Waals surface area (Å²) in [6.07, 6.45) is 0. The third-order valence-corrected chi connectivity index (χ3v) is 7.07. The zero-order chi connectivity index (χ0) is 39.4. The van der Waals surface area contributed by atoms with Gasteiger partial charge in [0.25, 0.3) is 0 Å². The highest BCUT2D eigenvalue weighted by Gasteiger charge is 2.20. The van der Waals surface area contributed by atoms with Crippen LogP contribution in [0.1, 0.15) is 20.8 Å². The number of hydrogen-bond acceptors (Lipinski definition) is 15. The number of phenols is 3. The Morgan fingerprint density at radius 2 is 0.741 bits per heavy atom. The maximum absolute atomic E-state index is 11.6. The van der Waals surface area contributed by atoms with E-state index in [-0.39, 0.29) is 125 Å². The van der Waals surface area contributed by atoms with Gasteiger partial charge in [0.05, 0.1) is 16.7 Å². The molecule has 0 amide bonds. The van der Waals surface area contributed by atoms with Crippen molar-refractivity contribution in [3.8, 4) is 68.7 Å². The molecule has 0 aliphatic heterocycles. The van der Waals surface area contributed by atoms with Crippen molar-refractivity contribution >= 4 is 17.9 Å². The largest absolute Gasteiger partial charge is 0.507 e. The summed E-state index contributed by atoms with van der Waals surface area (Å²) in [5, 5.41) is 33.1. The number of rotatable bonds is 18. The number of aromatic nitrogens is 3. The lowest BCUT2D eigenvalue weighted by Crippen LogP contribution is -2.12. The molecule has 0 spiro atoms. The fourth-order valence-corrected chi connectivity index (χ4v) is 4.36. The first-order chi connectivity index (χ1) is 25.7. The standard InChI is InChI=1S/C39H39N3O12/c1-22(2)37(46)52-16-13-49-25-7-10-28(31(43)19-25)34-40-35(29-11-8-26(20-32(29)44)50-14-17-53-38(47)23(3)4)42-36(41-34)30-12-9-27(21-33(30)45)51-15-18-54-39(48)24(5)6/h7-12,19-21,43-45H,1,3,5,13-18H2,2,4,6H3. The van der Waals surface area contributed by atoms with Gasteiger partial charge < -0.3 is 43.7 Å². The summed E-state index contributed by atoms with van der Waals surface area (Å²) in [5.41, 5.74) is 1.23. The Hall–Kier alpha value is -6.90. The monoisotopic (exact) mass is 741 g/mol. The molecule has 3 aromatic carbocycles. The van der Waals surface area contributed by atoms with Gasteiger partial charge in [-0.15, -0.1) is 0 Å². The van der Waals surface area contributed by atoms with Gasteiger partial charge in [0.2, 0.25) is 0 Å². The Balaban J connectivity index is 1.62. The molecule has 0 bridgehead atoms. The highest BCUT2D eigenvalue weighted by Crippen LogP contribution is 2.37. The average molecular weight is 742 g/mol. The average Bonchev–Trinajstić information content (AvgIpc) is 3.13. The number of nitrogens with zero attached hydrogens (tertiary/aromatic N) is 3. The first kappa shape index (κ1) is 39.9. The van der Waals surface area contributed by atoms with E-state index in [0.29, 0.717) is 0 Å². The molecule has 282 valence electrons. The van der Waals surface area contributed by atoms with Crippen LogP contribution in [0.2, 0.25) is 0 Å². The van der Waals surface area contributed by atoms with Gasteiger partial charge in [0.15, 0.2) is 17.5 Å². The van der Waals surface area contributed by atoms with Gasteiger partial charge in [-0.25, -0.2) is 29.3 Å². The predicted molar refractivity (Wildman–Crippen MR) is 195 cm³/mol. The third kappa shape index (κ3) is 11.0. The molecule has 0 saturated carbocycles. The van der Waals surface area contributed by atoms with Gasteiger partial charge >= 0.3 is 17.9 Å². The van der Waals surface area contributed by atoms with Crippen molar-refractivity contribution in [2.45, 2.75) is 20.8 Å². The summed E-state index contributed by atoms with van der Waals surface area (Å²) in [5.74, 6) is -1.73. The van der Waals surface area contributed by atoms with Gasteiger partial charge in [-0.2, -0.15) is 0 Å². The van der Waals surface area contributed by atoms with Crippen LogP contribution >= 0.6 is 0 Å². The Morgan fingerprint density at radius 1 is 0.481 bits per heavy atom. The molecule has 0 unspecified atom stereocenters. The van der Waals surface area contributed by atoms with E-state index >= 15 is 0 Å². The van der Waals surface area contributed by atoms with Gasteiger partial charge in [0, 0.05) is 34.9 Å². The Morgan fingerprint density at radius 3 is 0.963 bits per heavy atom. The molecule has 0 radical (unpaired) electrons. The molecule has 54 heavy (non-hydrogen) atoms. The van der Waals surface area contributed by atoms with Gasteiger partial charge in [-0.3, -0.25) is 0 Å². The second-order valence-corrected chi connectivity index (χ2v) is 11.6. The van der Waals surface area contributed by atoms with Crippen LogP contribution in [0.5, 0.6) is 34.5 Å². The fourth-order valence-electron chi connectivity index (χ4n) is 4.36. The molecule has 0 saturated heterocycles. The van der Waals surface area contributed by atoms with Crippen molar-refractivity contribution in [3.05, 3.63) is 91.1 Å². The van der Waals surface area contributed by atoms with E-state index in [0.717, 1.165) is 0 Å². The highest BCUT2D eigenvalue weighted by molar-refractivity contribution is 5.87. The number of hydrogen-bond donors (Lipinski definition) is 3. The molecular formula is C39H39N3O12. The normalized spacial score (nSPS) is 10.5. The topological polar surface area (TPSA) is 206 Å². The molecule has 15 nitrogen and oxygen atoms in total. The Kier molecular flexibility index (Phi) is 13.7. The number of carbonyl (C=O) groups is 3. The number of carbonyl (C=O) groups excluding carboxylic acids is 3. The lowest BCUT2D eigenvalue weighted by molar-refractivity contribution is -0.140. The first-order valence-corrected chi connectivity index (χ1v) is 16.4. The van der Waals surface area contributed by atoms with Crippen molar-refractivity contribution in [2.75, 3.05) is 39.6 Å². The van der Waals surface area contributed by atoms with E-state index in [1.54, 1.807) is 18.2 Å². The lowest BCUT2D eigenvalue weighted by atomic mass is 10.1. The maximum Gasteiger partial charge on any atom is 0.333 e. The van der Waals surface area contributed by atoms with Crippen LogP contribution in [0, 0.1) is 0 Å². The summed E-state index contributed by atoms with van der Waals surface area (Å²) < 4.78 is 31.9. The number of aromatic hydroxyl groups is 3. The molecule has 4 aromatic rings. The zero-order valence-corrected chi connectivity index (χ0v) is 29.9. The second-order valence-electron chi connectivity index (χ2n) is 11.6. The molecule has 3 N–H and O–H groups in total. The number of benzene rings is 3. The number of ether oxygens (including phenoxy) is 6. The smallest absolute Gasteiger partial charge is 0.333 e. The minimum absolute atomic E-state index is 0.00905. The van der Waals surface area contributed by atoms with Crippen LogP contribution in [-0.2, 0) is 28.6 Å². The summed E-state index contributed by atoms with van der Waals surface area (Å²) in [6.45, 7) is 15.0. The molecule has 0 fully saturated rings. The van der Waals surface area contributed by atoms with Crippen molar-refractivity contribution in [1.82, 2.24) is 15.0 Å². The second kappa shape index (κ2) is 18.5. The number of esters is 3. The quantitative estimate of drug-likeness (QED) is 0.0499. The molecule has 0 aliphatic rings. The third-order valence-electron chi connectivity index (χ3n) is 7.07. The minimum Gasteiger partial charge on any atom is -0.507 e. The minimum atomic E-state index is -0.553. The predicted octanol–water partition coefficient (Wildman–Crippen LogP) is 5.48. The summed E-state index contributed by atoms with van der Waals surface area (Å²) >= 11 is 0. The summed E-state index contributed by atoms with van der Waals surface area (Å²) in [4.78, 5) is 48.4. The van der Waals surface area contributed by atoms with Crippen LogP contribution < -0.4 is 14.2 Å². The van der Waals surface area contributed by atoms with Gasteiger partial charge in [0.1, 0.15) is 74.1 Å². The van der Waals surface area contributed by atoms with Crippen molar-refractivity contribution < 1.29 is 58.1 Å². The van der Waals surface area contributed by atoms with E-state index in [1.165, 1.54) is 57.2 Å². The van der Waals surface area contributed by atoms with Crippen LogP contribution in [0.4, 0.5) is 0 Å². The fraction of sp³-hybridized carbons (Fsp3) is 0.231. The highest BCUT2D eigenvalue weighted by atomic mass is 16.6. The van der Waals surface area contributed by atoms with Crippen LogP contribution in [0.3, 0.4) is 0 Å². The molecule has 0 aliphatic carbocycles. The van der Waals surface area contributed by atoms with E-state index in [1.807, 2.05) is 0 Å². The van der Waals surface area contributed by atoms with E-state index in [2.05, 4.69) is 34.7 Å². The van der Waals surface area contributed by atoms with E-state index in [4.69, 9.17) is 28.4 Å². The molecule has 4 rings (SSSR count). The Bertz CT molecular complexity index is 1830. The van der Waals surface area contributed by atoms with Gasteiger partial charge in [-0.05, 0) is 57.2 Å². The van der Waals surface area contributed by atoms with Crippen LogP contribution in [0.25, 0.3) is 34.2 Å². The van der Waals surface area contributed by atoms with Crippen LogP contribution in [-0.4, -0.2) is 87.8 Å². The molecule has 15 heteroatoms. The van der Waals surface area contributed by atoms with Crippen molar-refractivity contribution in [1.29, 1.82) is 0 Å². The zero-order valence-electron chi connectivity index (χ0n) is 29.9. The number of phenolic OH excluding ortho intramolecular Hbond substituents is 3. The summed E-state index contributed by atoms with van der Waals surface area (Å²) in [6, 6.07) is 13.1. The maximum atomic E-state index is 11.6. The Labute approximate surface area is 310 Å². The van der Waals surface area contributed by atoms with Crippen molar-refractivity contribution in [2.24, 2.45) is 0 Å².